The second-order valence-electron chi connectivity index (χ2n) is 7.09. The van der Waals surface area contributed by atoms with Crippen LogP contribution in [0.15, 0.2) is 41.6 Å². The number of rotatable bonds is 4. The molecule has 1 aliphatic rings. The second-order valence-corrected chi connectivity index (χ2v) is 7.09. The Morgan fingerprint density at radius 3 is 2.69 bits per heavy atom. The number of aryl methyl sites for hydroxylation is 1. The molecule has 134 valence electrons. The molecular weight excluding hydrogens is 326 g/mol. The third kappa shape index (κ3) is 3.07. The lowest BCUT2D eigenvalue weighted by Gasteiger charge is -2.20. The van der Waals surface area contributed by atoms with Crippen LogP contribution in [0.4, 0.5) is 5.95 Å². The van der Waals surface area contributed by atoms with Crippen molar-refractivity contribution in [1.82, 2.24) is 19.5 Å². The molecule has 0 atom stereocenters. The van der Waals surface area contributed by atoms with Crippen molar-refractivity contribution in [2.45, 2.75) is 45.2 Å². The van der Waals surface area contributed by atoms with Gasteiger partial charge in [-0.15, -0.1) is 0 Å². The van der Waals surface area contributed by atoms with E-state index in [9.17, 15) is 4.79 Å². The summed E-state index contributed by atoms with van der Waals surface area (Å²) < 4.78 is 1.89. The molecule has 1 saturated carbocycles. The van der Waals surface area contributed by atoms with Gasteiger partial charge in [0.25, 0.3) is 5.56 Å². The molecular formula is C20H23N5O. The van der Waals surface area contributed by atoms with E-state index in [-0.39, 0.29) is 11.6 Å². The molecule has 0 bridgehead atoms. The van der Waals surface area contributed by atoms with Crippen LogP contribution in [0.3, 0.4) is 0 Å². The Morgan fingerprint density at radius 2 is 1.96 bits per heavy atom. The molecule has 4 rings (SSSR count). The molecule has 6 nitrogen and oxygen atoms in total. The second kappa shape index (κ2) is 6.86. The largest absolute Gasteiger partial charge is 0.339 e. The predicted molar refractivity (Wildman–Crippen MR) is 102 cm³/mol. The Hall–Kier alpha value is -2.76. The zero-order chi connectivity index (χ0) is 18.1. The normalized spacial score (nSPS) is 14.8. The number of anilines is 1. The highest BCUT2D eigenvalue weighted by molar-refractivity contribution is 5.79. The van der Waals surface area contributed by atoms with Crippen molar-refractivity contribution in [2.75, 3.05) is 11.9 Å². The summed E-state index contributed by atoms with van der Waals surface area (Å²) in [6.07, 6.45) is 9.85. The first-order valence-electron chi connectivity index (χ1n) is 9.12. The summed E-state index contributed by atoms with van der Waals surface area (Å²) in [4.78, 5) is 28.1. The first-order chi connectivity index (χ1) is 12.6. The van der Waals surface area contributed by atoms with Crippen LogP contribution in [0, 0.1) is 6.92 Å². The van der Waals surface area contributed by atoms with Gasteiger partial charge in [0.15, 0.2) is 0 Å². The van der Waals surface area contributed by atoms with Crippen molar-refractivity contribution in [1.29, 1.82) is 0 Å². The number of hydrogen-bond donors (Lipinski definition) is 0. The molecule has 0 aromatic carbocycles. The summed E-state index contributed by atoms with van der Waals surface area (Å²) in [5.74, 6) is 0.631. The SMILES string of the molecule is Cc1cc(=O)n(C2CCCC2)c2nc(N(C)Cc3ccncc3)ncc12. The molecule has 0 amide bonds. The minimum absolute atomic E-state index is 0.0448. The van der Waals surface area contributed by atoms with E-state index < -0.39 is 0 Å². The van der Waals surface area contributed by atoms with Gasteiger partial charge in [0.05, 0.1) is 0 Å². The zero-order valence-electron chi connectivity index (χ0n) is 15.2. The van der Waals surface area contributed by atoms with E-state index in [1.54, 1.807) is 18.5 Å². The highest BCUT2D eigenvalue weighted by Crippen LogP contribution is 2.31. The fourth-order valence-electron chi connectivity index (χ4n) is 3.79. The Morgan fingerprint density at radius 1 is 1.23 bits per heavy atom. The van der Waals surface area contributed by atoms with E-state index in [0.29, 0.717) is 12.5 Å². The quantitative estimate of drug-likeness (QED) is 0.723. The van der Waals surface area contributed by atoms with Gasteiger partial charge in [-0.05, 0) is 43.0 Å². The summed E-state index contributed by atoms with van der Waals surface area (Å²) in [6, 6.07) is 5.93. The summed E-state index contributed by atoms with van der Waals surface area (Å²) >= 11 is 0. The molecule has 0 aliphatic heterocycles. The van der Waals surface area contributed by atoms with Crippen LogP contribution in [-0.2, 0) is 6.54 Å². The smallest absolute Gasteiger partial charge is 0.252 e. The predicted octanol–water partition coefficient (Wildman–Crippen LogP) is 3.25. The minimum atomic E-state index is 0.0448. The Labute approximate surface area is 152 Å². The topological polar surface area (TPSA) is 63.9 Å². The lowest BCUT2D eigenvalue weighted by Crippen LogP contribution is -2.26. The third-order valence-electron chi connectivity index (χ3n) is 5.19. The molecule has 6 heteroatoms. The number of hydrogen-bond acceptors (Lipinski definition) is 5. The van der Waals surface area contributed by atoms with Gasteiger partial charge in [0, 0.05) is 49.7 Å². The van der Waals surface area contributed by atoms with Crippen LogP contribution >= 0.6 is 0 Å². The molecule has 0 unspecified atom stereocenters. The lowest BCUT2D eigenvalue weighted by molar-refractivity contribution is 0.515. The van der Waals surface area contributed by atoms with Crippen LogP contribution in [0.25, 0.3) is 11.0 Å². The van der Waals surface area contributed by atoms with Gasteiger partial charge >= 0.3 is 0 Å². The molecule has 0 spiro atoms. The zero-order valence-corrected chi connectivity index (χ0v) is 15.2. The van der Waals surface area contributed by atoms with Gasteiger partial charge in [-0.25, -0.2) is 4.98 Å². The highest BCUT2D eigenvalue weighted by Gasteiger charge is 2.22. The molecule has 3 aromatic rings. The number of aromatic nitrogens is 4. The molecule has 0 N–H and O–H groups in total. The van der Waals surface area contributed by atoms with Gasteiger partial charge in [-0.2, -0.15) is 4.98 Å². The van der Waals surface area contributed by atoms with E-state index in [1.165, 1.54) is 12.8 Å². The van der Waals surface area contributed by atoms with Gasteiger partial charge in [0.2, 0.25) is 5.95 Å². The van der Waals surface area contributed by atoms with Gasteiger partial charge in [-0.1, -0.05) is 12.8 Å². The Kier molecular flexibility index (Phi) is 4.41. The summed E-state index contributed by atoms with van der Waals surface area (Å²) in [5, 5.41) is 0.956. The first-order valence-corrected chi connectivity index (χ1v) is 9.12. The van der Waals surface area contributed by atoms with Gasteiger partial charge in [0.1, 0.15) is 5.65 Å². The van der Waals surface area contributed by atoms with Gasteiger partial charge < -0.3 is 4.90 Å². The van der Waals surface area contributed by atoms with Crippen molar-refractivity contribution in [2.24, 2.45) is 0 Å². The van der Waals surface area contributed by atoms with Crippen molar-refractivity contribution < 1.29 is 0 Å². The molecule has 0 radical (unpaired) electrons. The number of nitrogens with zero attached hydrogens (tertiary/aromatic N) is 5. The maximum atomic E-state index is 12.7. The Balaban J connectivity index is 1.77. The third-order valence-corrected chi connectivity index (χ3v) is 5.19. The first kappa shape index (κ1) is 16.7. The number of pyridine rings is 2. The van der Waals surface area contributed by atoms with Crippen molar-refractivity contribution in [3.63, 3.8) is 0 Å². The maximum absolute atomic E-state index is 12.7. The fraction of sp³-hybridized carbons (Fsp3) is 0.400. The fourth-order valence-corrected chi connectivity index (χ4v) is 3.79. The molecule has 26 heavy (non-hydrogen) atoms. The van der Waals surface area contributed by atoms with Crippen LogP contribution in [0.1, 0.15) is 42.9 Å². The van der Waals surface area contributed by atoms with Crippen LogP contribution in [0.5, 0.6) is 0 Å². The molecule has 3 aromatic heterocycles. The van der Waals surface area contributed by atoms with Crippen molar-refractivity contribution in [3.05, 3.63) is 58.3 Å². The van der Waals surface area contributed by atoms with Crippen molar-refractivity contribution in [3.8, 4) is 0 Å². The lowest BCUT2D eigenvalue weighted by atomic mass is 10.1. The Bertz CT molecular complexity index is 977. The number of fused-ring (bicyclic) bond motifs is 1. The van der Waals surface area contributed by atoms with E-state index in [2.05, 4.69) is 9.97 Å². The van der Waals surface area contributed by atoms with Crippen LogP contribution in [-0.4, -0.2) is 26.6 Å². The minimum Gasteiger partial charge on any atom is -0.339 e. The standard InChI is InChI=1S/C20H23N5O/c1-14-11-18(26)25(16-5-3-4-6-16)19-17(14)12-22-20(23-19)24(2)13-15-7-9-21-10-8-15/h7-12,16H,3-6,13H2,1-2H3. The summed E-state index contributed by atoms with van der Waals surface area (Å²) in [7, 11) is 1.97. The van der Waals surface area contributed by atoms with E-state index in [1.807, 2.05) is 41.8 Å². The average molecular weight is 349 g/mol. The van der Waals surface area contributed by atoms with E-state index in [4.69, 9.17) is 4.98 Å². The monoisotopic (exact) mass is 349 g/mol. The van der Waals surface area contributed by atoms with Crippen LogP contribution < -0.4 is 10.5 Å². The summed E-state index contributed by atoms with van der Waals surface area (Å²) in [5.41, 5.74) is 2.88. The van der Waals surface area contributed by atoms with E-state index in [0.717, 1.165) is 35.0 Å². The van der Waals surface area contributed by atoms with Gasteiger partial charge in [-0.3, -0.25) is 14.3 Å². The molecule has 1 fully saturated rings. The highest BCUT2D eigenvalue weighted by atomic mass is 16.1. The summed E-state index contributed by atoms with van der Waals surface area (Å²) in [6.45, 7) is 2.64. The molecule has 0 saturated heterocycles. The van der Waals surface area contributed by atoms with Crippen molar-refractivity contribution >= 4 is 17.0 Å². The molecule has 3 heterocycles. The van der Waals surface area contributed by atoms with E-state index >= 15 is 0 Å². The average Bonchev–Trinajstić information content (AvgIpc) is 3.16. The maximum Gasteiger partial charge on any atom is 0.252 e. The van der Waals surface area contributed by atoms with Crippen LogP contribution in [0.2, 0.25) is 0 Å². The molecule has 1 aliphatic carbocycles.